The molecule has 0 aromatic carbocycles. The monoisotopic (exact) mass is 258 g/mol. The predicted molar refractivity (Wildman–Crippen MR) is 66.3 cm³/mol. The van der Waals surface area contributed by atoms with E-state index in [1.807, 2.05) is 13.8 Å². The van der Waals surface area contributed by atoms with Crippen LogP contribution in [0.5, 0.6) is 0 Å². The molecule has 1 rings (SSSR count). The maximum atomic E-state index is 12.1. The zero-order chi connectivity index (χ0) is 13.7. The van der Waals surface area contributed by atoms with Gasteiger partial charge in [0.2, 0.25) is 0 Å². The summed E-state index contributed by atoms with van der Waals surface area (Å²) in [5, 5.41) is 17.5. The SMILES string of the molecule is CC(C)N(CCCO)C(=O)N1CC(CC(=O)O)C1. The number of rotatable bonds is 6. The molecule has 1 aliphatic heterocycles. The van der Waals surface area contributed by atoms with Crippen molar-refractivity contribution in [3.63, 3.8) is 0 Å². The number of carboxylic acids is 1. The summed E-state index contributed by atoms with van der Waals surface area (Å²) in [6, 6.07) is 0.0302. The van der Waals surface area contributed by atoms with Gasteiger partial charge >= 0.3 is 12.0 Å². The minimum atomic E-state index is -0.812. The van der Waals surface area contributed by atoms with Gasteiger partial charge in [0.25, 0.3) is 0 Å². The summed E-state index contributed by atoms with van der Waals surface area (Å²) in [6.45, 7) is 5.51. The topological polar surface area (TPSA) is 81.1 Å². The number of hydrogen-bond acceptors (Lipinski definition) is 3. The van der Waals surface area contributed by atoms with Crippen molar-refractivity contribution in [2.24, 2.45) is 5.92 Å². The van der Waals surface area contributed by atoms with E-state index in [4.69, 9.17) is 10.2 Å². The van der Waals surface area contributed by atoms with Crippen LogP contribution >= 0.6 is 0 Å². The van der Waals surface area contributed by atoms with Crippen LogP contribution in [-0.2, 0) is 4.79 Å². The van der Waals surface area contributed by atoms with E-state index < -0.39 is 5.97 Å². The average molecular weight is 258 g/mol. The number of hydrogen-bond donors (Lipinski definition) is 2. The molecule has 0 saturated carbocycles. The van der Waals surface area contributed by atoms with E-state index in [9.17, 15) is 9.59 Å². The number of nitrogens with zero attached hydrogens (tertiary/aromatic N) is 2. The van der Waals surface area contributed by atoms with Crippen LogP contribution < -0.4 is 0 Å². The summed E-state index contributed by atoms with van der Waals surface area (Å²) in [6.07, 6.45) is 0.693. The highest BCUT2D eigenvalue weighted by molar-refractivity contribution is 5.76. The number of amides is 2. The molecule has 2 N–H and O–H groups in total. The highest BCUT2D eigenvalue weighted by atomic mass is 16.4. The van der Waals surface area contributed by atoms with E-state index in [2.05, 4.69) is 0 Å². The zero-order valence-electron chi connectivity index (χ0n) is 11.0. The minimum absolute atomic E-state index is 0.0555. The Hall–Kier alpha value is -1.30. The Labute approximate surface area is 107 Å². The fraction of sp³-hybridized carbons (Fsp3) is 0.833. The molecule has 0 aromatic heterocycles. The van der Waals surface area contributed by atoms with Gasteiger partial charge in [-0.25, -0.2) is 4.79 Å². The number of carboxylic acid groups (broad SMARTS) is 1. The van der Waals surface area contributed by atoms with E-state index in [0.717, 1.165) is 0 Å². The highest BCUT2D eigenvalue weighted by Crippen LogP contribution is 2.21. The van der Waals surface area contributed by atoms with Gasteiger partial charge in [-0.2, -0.15) is 0 Å². The van der Waals surface area contributed by atoms with Crippen LogP contribution in [0.2, 0.25) is 0 Å². The molecule has 0 bridgehead atoms. The first kappa shape index (κ1) is 14.8. The lowest BCUT2D eigenvalue weighted by Gasteiger charge is -2.42. The van der Waals surface area contributed by atoms with E-state index in [-0.39, 0.29) is 31.0 Å². The largest absolute Gasteiger partial charge is 0.481 e. The number of aliphatic carboxylic acids is 1. The first-order chi connectivity index (χ1) is 8.45. The van der Waals surface area contributed by atoms with Crippen molar-refractivity contribution in [2.75, 3.05) is 26.2 Å². The maximum Gasteiger partial charge on any atom is 0.320 e. The van der Waals surface area contributed by atoms with Gasteiger partial charge in [0.1, 0.15) is 0 Å². The molecule has 18 heavy (non-hydrogen) atoms. The third kappa shape index (κ3) is 3.87. The van der Waals surface area contributed by atoms with Crippen molar-refractivity contribution in [1.82, 2.24) is 9.80 Å². The number of carbonyl (C=O) groups excluding carboxylic acids is 1. The maximum absolute atomic E-state index is 12.1. The first-order valence-electron chi connectivity index (χ1n) is 6.34. The summed E-state index contributed by atoms with van der Waals surface area (Å²) in [5.41, 5.74) is 0. The molecule has 104 valence electrons. The Bertz CT molecular complexity index is 300. The van der Waals surface area contributed by atoms with Gasteiger partial charge in [-0.3, -0.25) is 4.79 Å². The average Bonchev–Trinajstić information content (AvgIpc) is 2.22. The van der Waals surface area contributed by atoms with Crippen LogP contribution in [0.1, 0.15) is 26.7 Å². The van der Waals surface area contributed by atoms with E-state index in [1.165, 1.54) is 0 Å². The van der Waals surface area contributed by atoms with Crippen LogP contribution in [0.15, 0.2) is 0 Å². The Morgan fingerprint density at radius 3 is 2.44 bits per heavy atom. The second-order valence-electron chi connectivity index (χ2n) is 5.02. The standard InChI is InChI=1S/C12H22N2O4/c1-9(2)14(4-3-5-15)12(18)13-7-10(8-13)6-11(16)17/h9-10,15H,3-8H2,1-2H3,(H,16,17). The summed E-state index contributed by atoms with van der Waals surface area (Å²) >= 11 is 0. The van der Waals surface area contributed by atoms with Crippen molar-refractivity contribution < 1.29 is 19.8 Å². The van der Waals surface area contributed by atoms with Crippen LogP contribution in [-0.4, -0.2) is 64.3 Å². The number of carbonyl (C=O) groups is 2. The fourth-order valence-corrected chi connectivity index (χ4v) is 2.10. The van der Waals surface area contributed by atoms with Crippen molar-refractivity contribution in [2.45, 2.75) is 32.7 Å². The Balaban J connectivity index is 2.41. The van der Waals surface area contributed by atoms with Gasteiger partial charge in [0.05, 0.1) is 6.42 Å². The molecule has 0 unspecified atom stereocenters. The lowest BCUT2D eigenvalue weighted by molar-refractivity contribution is -0.139. The Morgan fingerprint density at radius 1 is 1.39 bits per heavy atom. The summed E-state index contributed by atoms with van der Waals surface area (Å²) < 4.78 is 0. The molecular weight excluding hydrogens is 236 g/mol. The molecule has 0 aliphatic carbocycles. The second-order valence-corrected chi connectivity index (χ2v) is 5.02. The summed E-state index contributed by atoms with van der Waals surface area (Å²) in [7, 11) is 0. The third-order valence-corrected chi connectivity index (χ3v) is 3.12. The summed E-state index contributed by atoms with van der Waals surface area (Å²) in [4.78, 5) is 26.0. The second kappa shape index (κ2) is 6.58. The predicted octanol–water partition coefficient (Wildman–Crippen LogP) is 0.606. The molecule has 6 heteroatoms. The van der Waals surface area contributed by atoms with E-state index in [1.54, 1.807) is 9.80 Å². The van der Waals surface area contributed by atoms with E-state index in [0.29, 0.717) is 26.1 Å². The van der Waals surface area contributed by atoms with Crippen LogP contribution in [0.3, 0.4) is 0 Å². The number of urea groups is 1. The van der Waals surface area contributed by atoms with Crippen LogP contribution in [0.25, 0.3) is 0 Å². The first-order valence-corrected chi connectivity index (χ1v) is 6.34. The molecule has 1 fully saturated rings. The quantitative estimate of drug-likeness (QED) is 0.731. The van der Waals surface area contributed by atoms with Crippen molar-refractivity contribution in [3.8, 4) is 0 Å². The highest BCUT2D eigenvalue weighted by Gasteiger charge is 2.34. The Morgan fingerprint density at radius 2 is 2.00 bits per heavy atom. The van der Waals surface area contributed by atoms with Crippen molar-refractivity contribution >= 4 is 12.0 Å². The lowest BCUT2D eigenvalue weighted by Crippen LogP contribution is -2.56. The summed E-state index contributed by atoms with van der Waals surface area (Å²) in [5.74, 6) is -0.730. The van der Waals surface area contributed by atoms with Crippen molar-refractivity contribution in [3.05, 3.63) is 0 Å². The van der Waals surface area contributed by atoms with E-state index >= 15 is 0 Å². The molecular formula is C12H22N2O4. The molecule has 1 heterocycles. The molecule has 1 saturated heterocycles. The molecule has 0 atom stereocenters. The van der Waals surface area contributed by atoms with Crippen molar-refractivity contribution in [1.29, 1.82) is 0 Å². The van der Waals surface area contributed by atoms with Crippen LogP contribution in [0.4, 0.5) is 4.79 Å². The molecule has 0 aromatic rings. The van der Waals surface area contributed by atoms with Gasteiger partial charge < -0.3 is 20.0 Å². The van der Waals surface area contributed by atoms with Gasteiger partial charge in [0, 0.05) is 38.2 Å². The van der Waals surface area contributed by atoms with Gasteiger partial charge in [0.15, 0.2) is 0 Å². The number of likely N-dealkylation sites (tertiary alicyclic amines) is 1. The molecule has 6 nitrogen and oxygen atoms in total. The Kier molecular flexibility index (Phi) is 5.40. The van der Waals surface area contributed by atoms with Crippen LogP contribution in [0, 0.1) is 5.92 Å². The molecule has 0 radical (unpaired) electrons. The molecule has 2 amide bonds. The van der Waals surface area contributed by atoms with Gasteiger partial charge in [-0.1, -0.05) is 0 Å². The number of aliphatic hydroxyl groups is 1. The molecule has 1 aliphatic rings. The fourth-order valence-electron chi connectivity index (χ4n) is 2.10. The van der Waals surface area contributed by atoms with Gasteiger partial charge in [-0.15, -0.1) is 0 Å². The lowest BCUT2D eigenvalue weighted by atomic mass is 9.97. The number of aliphatic hydroxyl groups excluding tert-OH is 1. The minimum Gasteiger partial charge on any atom is -0.481 e. The van der Waals surface area contributed by atoms with Gasteiger partial charge in [-0.05, 0) is 20.3 Å². The smallest absolute Gasteiger partial charge is 0.320 e. The normalized spacial score (nSPS) is 15.7. The zero-order valence-corrected chi connectivity index (χ0v) is 11.0. The molecule has 0 spiro atoms. The third-order valence-electron chi connectivity index (χ3n) is 3.12.